The van der Waals surface area contributed by atoms with Crippen LogP contribution in [0.4, 0.5) is 0 Å². The predicted molar refractivity (Wildman–Crippen MR) is 79.3 cm³/mol. The van der Waals surface area contributed by atoms with Crippen molar-refractivity contribution < 1.29 is 14.9 Å². The van der Waals surface area contributed by atoms with E-state index < -0.39 is 0 Å². The van der Waals surface area contributed by atoms with Gasteiger partial charge in [0.25, 0.3) is 0 Å². The zero-order valence-electron chi connectivity index (χ0n) is 11.0. The molecule has 0 aliphatic heterocycles. The number of methoxy groups -OCH3 is 1. The Balaban J connectivity index is 2.44. The van der Waals surface area contributed by atoms with Gasteiger partial charge in [-0.15, -0.1) is 0 Å². The molecule has 0 aliphatic rings. The number of fused-ring (bicyclic) bond motifs is 1. The minimum absolute atomic E-state index is 0.0796. The number of benzene rings is 3. The Morgan fingerprint density at radius 3 is 2.30 bits per heavy atom. The Kier molecular flexibility index (Phi) is 2.95. The van der Waals surface area contributed by atoms with Crippen LogP contribution in [0.2, 0.25) is 0 Å². The first kappa shape index (κ1) is 12.4. The summed E-state index contributed by atoms with van der Waals surface area (Å²) in [6.45, 7) is 0. The lowest BCUT2D eigenvalue weighted by Gasteiger charge is -2.14. The molecular weight excluding hydrogens is 252 g/mol. The molecule has 0 saturated heterocycles. The third kappa shape index (κ3) is 1.84. The van der Waals surface area contributed by atoms with Gasteiger partial charge in [-0.1, -0.05) is 36.4 Å². The zero-order chi connectivity index (χ0) is 14.1. The van der Waals surface area contributed by atoms with Gasteiger partial charge in [0.1, 0.15) is 17.2 Å². The molecule has 100 valence electrons. The summed E-state index contributed by atoms with van der Waals surface area (Å²) in [4.78, 5) is 0. The first-order chi connectivity index (χ1) is 9.72. The van der Waals surface area contributed by atoms with Gasteiger partial charge in [0.15, 0.2) is 0 Å². The molecule has 0 aliphatic carbocycles. The largest absolute Gasteiger partial charge is 0.507 e. The molecule has 3 heteroatoms. The van der Waals surface area contributed by atoms with Crippen LogP contribution in [-0.2, 0) is 0 Å². The molecule has 0 bridgehead atoms. The number of hydrogen-bond acceptors (Lipinski definition) is 3. The topological polar surface area (TPSA) is 49.7 Å². The van der Waals surface area contributed by atoms with Gasteiger partial charge in [0, 0.05) is 5.56 Å². The molecule has 3 nitrogen and oxygen atoms in total. The molecule has 3 aromatic rings. The third-order valence-electron chi connectivity index (χ3n) is 3.38. The van der Waals surface area contributed by atoms with E-state index in [9.17, 15) is 10.2 Å². The molecule has 0 heterocycles. The summed E-state index contributed by atoms with van der Waals surface area (Å²) in [6, 6.07) is 16.2. The molecule has 0 radical (unpaired) electrons. The summed E-state index contributed by atoms with van der Waals surface area (Å²) < 4.78 is 5.31. The monoisotopic (exact) mass is 266 g/mol. The van der Waals surface area contributed by atoms with Crippen LogP contribution < -0.4 is 4.74 Å². The highest BCUT2D eigenvalue weighted by molar-refractivity contribution is 6.02. The van der Waals surface area contributed by atoms with Gasteiger partial charge >= 0.3 is 0 Å². The normalized spacial score (nSPS) is 10.7. The number of rotatable bonds is 2. The van der Waals surface area contributed by atoms with Crippen molar-refractivity contribution in [2.45, 2.75) is 0 Å². The van der Waals surface area contributed by atoms with Gasteiger partial charge in [-0.3, -0.25) is 0 Å². The van der Waals surface area contributed by atoms with Crippen molar-refractivity contribution in [2.75, 3.05) is 7.11 Å². The number of phenols is 2. The Morgan fingerprint density at radius 2 is 1.50 bits per heavy atom. The minimum atomic E-state index is 0.0796. The summed E-state index contributed by atoms with van der Waals surface area (Å²) in [5.41, 5.74) is 1.09. The van der Waals surface area contributed by atoms with Crippen molar-refractivity contribution in [3.63, 3.8) is 0 Å². The zero-order valence-corrected chi connectivity index (χ0v) is 11.0. The van der Waals surface area contributed by atoms with E-state index in [2.05, 4.69) is 0 Å². The highest BCUT2D eigenvalue weighted by Gasteiger charge is 2.17. The highest BCUT2D eigenvalue weighted by Crippen LogP contribution is 2.45. The first-order valence-corrected chi connectivity index (χ1v) is 6.29. The summed E-state index contributed by atoms with van der Waals surface area (Å²) in [5, 5.41) is 22.3. The average molecular weight is 266 g/mol. The maximum atomic E-state index is 10.2. The lowest BCUT2D eigenvalue weighted by atomic mass is 9.96. The molecule has 0 atom stereocenters. The molecule has 0 aromatic heterocycles. The number of aromatic hydroxyl groups is 2. The lowest BCUT2D eigenvalue weighted by molar-refractivity contribution is 0.409. The summed E-state index contributed by atoms with van der Waals surface area (Å²) >= 11 is 0. The SMILES string of the molecule is COc1cccc(O)c1-c1c(O)ccc2ccccc12. The van der Waals surface area contributed by atoms with E-state index in [0.29, 0.717) is 16.9 Å². The molecule has 2 N–H and O–H groups in total. The van der Waals surface area contributed by atoms with Crippen molar-refractivity contribution in [3.8, 4) is 28.4 Å². The van der Waals surface area contributed by atoms with Gasteiger partial charge in [0.05, 0.1) is 12.7 Å². The maximum Gasteiger partial charge on any atom is 0.130 e. The predicted octanol–water partition coefficient (Wildman–Crippen LogP) is 3.93. The summed E-state index contributed by atoms with van der Waals surface area (Å²) in [6.07, 6.45) is 0. The van der Waals surface area contributed by atoms with E-state index in [4.69, 9.17) is 4.74 Å². The molecule has 3 aromatic carbocycles. The second-order valence-electron chi connectivity index (χ2n) is 4.54. The first-order valence-electron chi connectivity index (χ1n) is 6.29. The van der Waals surface area contributed by atoms with Crippen molar-refractivity contribution in [2.24, 2.45) is 0 Å². The fourth-order valence-electron chi connectivity index (χ4n) is 2.46. The van der Waals surface area contributed by atoms with E-state index in [-0.39, 0.29) is 11.5 Å². The van der Waals surface area contributed by atoms with Crippen molar-refractivity contribution in [1.82, 2.24) is 0 Å². The third-order valence-corrected chi connectivity index (χ3v) is 3.38. The van der Waals surface area contributed by atoms with Crippen LogP contribution in [0.1, 0.15) is 0 Å². The fourth-order valence-corrected chi connectivity index (χ4v) is 2.46. The lowest BCUT2D eigenvalue weighted by Crippen LogP contribution is -1.90. The summed E-state index contributed by atoms with van der Waals surface area (Å²) in [5.74, 6) is 0.719. The van der Waals surface area contributed by atoms with Gasteiger partial charge in [-0.2, -0.15) is 0 Å². The Labute approximate surface area is 116 Å². The molecule has 3 rings (SSSR count). The van der Waals surface area contributed by atoms with Crippen LogP contribution in [0, 0.1) is 0 Å². The Hall–Kier alpha value is -2.68. The van der Waals surface area contributed by atoms with Gasteiger partial charge < -0.3 is 14.9 Å². The second-order valence-corrected chi connectivity index (χ2v) is 4.54. The molecule has 0 saturated carbocycles. The quantitative estimate of drug-likeness (QED) is 0.739. The summed E-state index contributed by atoms with van der Waals surface area (Å²) in [7, 11) is 1.54. The van der Waals surface area contributed by atoms with Gasteiger partial charge in [0.2, 0.25) is 0 Å². The molecule has 0 spiro atoms. The Morgan fingerprint density at radius 1 is 0.750 bits per heavy atom. The van der Waals surface area contributed by atoms with Crippen molar-refractivity contribution >= 4 is 10.8 Å². The number of phenolic OH excluding ortho intramolecular Hbond substituents is 2. The van der Waals surface area contributed by atoms with E-state index >= 15 is 0 Å². The van der Waals surface area contributed by atoms with Gasteiger partial charge in [-0.25, -0.2) is 0 Å². The maximum absolute atomic E-state index is 10.2. The minimum Gasteiger partial charge on any atom is -0.507 e. The van der Waals surface area contributed by atoms with Crippen LogP contribution in [0.3, 0.4) is 0 Å². The molecule has 0 unspecified atom stereocenters. The number of hydrogen-bond donors (Lipinski definition) is 2. The van der Waals surface area contributed by atoms with Crippen LogP contribution in [0.5, 0.6) is 17.2 Å². The van der Waals surface area contributed by atoms with Crippen LogP contribution >= 0.6 is 0 Å². The van der Waals surface area contributed by atoms with Gasteiger partial charge in [-0.05, 0) is 29.0 Å². The average Bonchev–Trinajstić information content (AvgIpc) is 2.48. The molecular formula is C17H14O3. The molecule has 20 heavy (non-hydrogen) atoms. The van der Waals surface area contributed by atoms with E-state index in [0.717, 1.165) is 10.8 Å². The standard InChI is InChI=1S/C17H14O3/c1-20-15-8-4-7-13(18)17(15)16-12-6-3-2-5-11(12)9-10-14(16)19/h2-10,18-19H,1H3. The van der Waals surface area contributed by atoms with E-state index in [1.807, 2.05) is 30.3 Å². The van der Waals surface area contributed by atoms with E-state index in [1.54, 1.807) is 31.4 Å². The van der Waals surface area contributed by atoms with Crippen LogP contribution in [-0.4, -0.2) is 17.3 Å². The molecule has 0 fully saturated rings. The van der Waals surface area contributed by atoms with Crippen LogP contribution in [0.15, 0.2) is 54.6 Å². The highest BCUT2D eigenvalue weighted by atomic mass is 16.5. The van der Waals surface area contributed by atoms with Crippen LogP contribution in [0.25, 0.3) is 21.9 Å². The van der Waals surface area contributed by atoms with Crippen molar-refractivity contribution in [1.29, 1.82) is 0 Å². The second kappa shape index (κ2) is 4.78. The number of ether oxygens (including phenoxy) is 1. The van der Waals surface area contributed by atoms with E-state index in [1.165, 1.54) is 0 Å². The fraction of sp³-hybridized carbons (Fsp3) is 0.0588. The smallest absolute Gasteiger partial charge is 0.130 e. The van der Waals surface area contributed by atoms with Crippen molar-refractivity contribution in [3.05, 3.63) is 54.6 Å². The molecule has 0 amide bonds. The Bertz CT molecular complexity index is 778.